The van der Waals surface area contributed by atoms with Crippen LogP contribution in [0.5, 0.6) is 0 Å². The van der Waals surface area contributed by atoms with Crippen LogP contribution in [-0.4, -0.2) is 43.3 Å². The molecule has 1 N–H and O–H groups in total. The van der Waals surface area contributed by atoms with Crippen LogP contribution in [0.25, 0.3) is 0 Å². The summed E-state index contributed by atoms with van der Waals surface area (Å²) in [5.74, 6) is 0.433. The van der Waals surface area contributed by atoms with E-state index < -0.39 is 10.0 Å². The highest BCUT2D eigenvalue weighted by Crippen LogP contribution is 2.09. The van der Waals surface area contributed by atoms with E-state index in [2.05, 4.69) is 6.92 Å². The first-order valence-corrected chi connectivity index (χ1v) is 7.17. The van der Waals surface area contributed by atoms with Crippen LogP contribution in [0.15, 0.2) is 0 Å². The highest BCUT2D eigenvalue weighted by Gasteiger charge is 2.21. The molecule has 0 heterocycles. The second-order valence-corrected chi connectivity index (χ2v) is 5.95. The van der Waals surface area contributed by atoms with Gasteiger partial charge >= 0.3 is 0 Å². The second-order valence-electron chi connectivity index (χ2n) is 3.86. The van der Waals surface area contributed by atoms with Crippen LogP contribution in [0.3, 0.4) is 0 Å². The van der Waals surface area contributed by atoms with E-state index in [0.717, 1.165) is 6.42 Å². The summed E-state index contributed by atoms with van der Waals surface area (Å²) in [7, 11) is -3.17. The molecule has 15 heavy (non-hydrogen) atoms. The Balaban J connectivity index is 4.37. The fourth-order valence-corrected chi connectivity index (χ4v) is 2.92. The van der Waals surface area contributed by atoms with Crippen LogP contribution in [0.2, 0.25) is 0 Å². The molecule has 4 nitrogen and oxygen atoms in total. The molecular weight excluding hydrogens is 214 g/mol. The van der Waals surface area contributed by atoms with Gasteiger partial charge in [-0.2, -0.15) is 0 Å². The summed E-state index contributed by atoms with van der Waals surface area (Å²) in [6, 6.07) is 0. The van der Waals surface area contributed by atoms with Crippen molar-refractivity contribution in [1.82, 2.24) is 4.31 Å². The van der Waals surface area contributed by atoms with Gasteiger partial charge in [-0.15, -0.1) is 0 Å². The highest BCUT2D eigenvalue weighted by molar-refractivity contribution is 7.89. The van der Waals surface area contributed by atoms with Gasteiger partial charge in [0.1, 0.15) is 0 Å². The van der Waals surface area contributed by atoms with E-state index in [-0.39, 0.29) is 12.4 Å². The summed E-state index contributed by atoms with van der Waals surface area (Å²) in [5, 5.41) is 8.63. The van der Waals surface area contributed by atoms with Gasteiger partial charge < -0.3 is 5.11 Å². The molecule has 0 bridgehead atoms. The molecular formula is C10H23NO3S. The van der Waals surface area contributed by atoms with Gasteiger partial charge in [0.2, 0.25) is 10.0 Å². The number of nitrogens with zero attached hydrogens (tertiary/aromatic N) is 1. The smallest absolute Gasteiger partial charge is 0.214 e. The molecule has 0 aromatic heterocycles. The van der Waals surface area contributed by atoms with Crippen molar-refractivity contribution >= 4 is 10.0 Å². The first-order valence-electron chi connectivity index (χ1n) is 5.56. The maximum absolute atomic E-state index is 11.8. The molecule has 0 saturated heterocycles. The van der Waals surface area contributed by atoms with E-state index in [1.807, 2.05) is 13.8 Å². The van der Waals surface area contributed by atoms with Crippen molar-refractivity contribution in [3.05, 3.63) is 0 Å². The molecule has 1 unspecified atom stereocenters. The van der Waals surface area contributed by atoms with E-state index in [9.17, 15) is 8.42 Å². The summed E-state index contributed by atoms with van der Waals surface area (Å²) in [6.07, 6.45) is 1.30. The lowest BCUT2D eigenvalue weighted by Gasteiger charge is -2.23. The molecule has 0 aliphatic rings. The first-order chi connectivity index (χ1) is 6.97. The zero-order chi connectivity index (χ0) is 11.9. The van der Waals surface area contributed by atoms with Crippen LogP contribution < -0.4 is 0 Å². The molecule has 0 aliphatic heterocycles. The van der Waals surface area contributed by atoms with Gasteiger partial charge in [0.05, 0.1) is 5.75 Å². The lowest BCUT2D eigenvalue weighted by molar-refractivity contribution is 0.293. The topological polar surface area (TPSA) is 57.6 Å². The molecule has 0 radical (unpaired) electrons. The normalized spacial score (nSPS) is 14.5. The minimum absolute atomic E-state index is 0.0494. The SMILES string of the molecule is CCC(C)CN(CC)S(=O)(=O)CCCO. The van der Waals surface area contributed by atoms with Crippen LogP contribution in [0.1, 0.15) is 33.6 Å². The minimum atomic E-state index is -3.17. The fourth-order valence-electron chi connectivity index (χ4n) is 1.29. The van der Waals surface area contributed by atoms with Crippen molar-refractivity contribution in [2.24, 2.45) is 5.92 Å². The number of aliphatic hydroxyl groups is 1. The van der Waals surface area contributed by atoms with Gasteiger partial charge in [0.15, 0.2) is 0 Å². The molecule has 0 aromatic rings. The third kappa shape index (κ3) is 5.49. The number of hydrogen-bond acceptors (Lipinski definition) is 3. The average Bonchev–Trinajstić information content (AvgIpc) is 2.22. The Labute approximate surface area is 93.3 Å². The van der Waals surface area contributed by atoms with Crippen LogP contribution >= 0.6 is 0 Å². The Morgan fingerprint density at radius 3 is 2.33 bits per heavy atom. The molecule has 0 amide bonds. The molecule has 0 saturated carbocycles. The van der Waals surface area contributed by atoms with Crippen LogP contribution in [0, 0.1) is 5.92 Å². The van der Waals surface area contributed by atoms with Gasteiger partial charge in [-0.3, -0.25) is 0 Å². The fraction of sp³-hybridized carbons (Fsp3) is 1.00. The average molecular weight is 237 g/mol. The lowest BCUT2D eigenvalue weighted by atomic mass is 10.1. The number of sulfonamides is 1. The van der Waals surface area contributed by atoms with Crippen molar-refractivity contribution in [3.8, 4) is 0 Å². The summed E-state index contributed by atoms with van der Waals surface area (Å²) in [6.45, 7) is 6.97. The van der Waals surface area contributed by atoms with E-state index in [4.69, 9.17) is 5.11 Å². The lowest BCUT2D eigenvalue weighted by Crippen LogP contribution is -2.36. The predicted octanol–water partition coefficient (Wildman–Crippen LogP) is 1.07. The summed E-state index contributed by atoms with van der Waals surface area (Å²) in [4.78, 5) is 0. The van der Waals surface area contributed by atoms with Gasteiger partial charge in [0.25, 0.3) is 0 Å². The Bertz CT molecular complexity index is 251. The Morgan fingerprint density at radius 1 is 1.33 bits per heavy atom. The number of hydrogen-bond donors (Lipinski definition) is 1. The third-order valence-corrected chi connectivity index (χ3v) is 4.52. The van der Waals surface area contributed by atoms with Crippen molar-refractivity contribution in [2.75, 3.05) is 25.4 Å². The van der Waals surface area contributed by atoms with Gasteiger partial charge in [-0.05, 0) is 12.3 Å². The minimum Gasteiger partial charge on any atom is -0.396 e. The van der Waals surface area contributed by atoms with Crippen molar-refractivity contribution < 1.29 is 13.5 Å². The predicted molar refractivity (Wildman–Crippen MR) is 62.2 cm³/mol. The molecule has 0 fully saturated rings. The molecule has 0 spiro atoms. The molecule has 1 atom stereocenters. The maximum Gasteiger partial charge on any atom is 0.214 e. The quantitative estimate of drug-likeness (QED) is 0.687. The van der Waals surface area contributed by atoms with Crippen LogP contribution in [0.4, 0.5) is 0 Å². The Morgan fingerprint density at radius 2 is 1.93 bits per heavy atom. The first kappa shape index (κ1) is 14.9. The summed E-state index contributed by atoms with van der Waals surface area (Å²) >= 11 is 0. The standard InChI is InChI=1S/C10H23NO3S/c1-4-10(3)9-11(5-2)15(13,14)8-6-7-12/h10,12H,4-9H2,1-3H3. The van der Waals surface area contributed by atoms with Gasteiger partial charge in [-0.1, -0.05) is 27.2 Å². The molecule has 5 heteroatoms. The molecule has 0 aromatic carbocycles. The largest absolute Gasteiger partial charge is 0.396 e. The van der Waals surface area contributed by atoms with Gasteiger partial charge in [-0.25, -0.2) is 12.7 Å². The molecule has 92 valence electrons. The summed E-state index contributed by atoms with van der Waals surface area (Å²) in [5.41, 5.74) is 0. The van der Waals surface area contributed by atoms with E-state index in [1.165, 1.54) is 4.31 Å². The zero-order valence-corrected chi connectivity index (χ0v) is 10.8. The van der Waals surface area contributed by atoms with E-state index >= 15 is 0 Å². The maximum atomic E-state index is 11.8. The Kier molecular flexibility index (Phi) is 7.13. The summed E-state index contributed by atoms with van der Waals surface area (Å²) < 4.78 is 25.1. The van der Waals surface area contributed by atoms with E-state index in [1.54, 1.807) is 0 Å². The van der Waals surface area contributed by atoms with Crippen LogP contribution in [-0.2, 0) is 10.0 Å². The number of aliphatic hydroxyl groups excluding tert-OH is 1. The molecule has 0 rings (SSSR count). The van der Waals surface area contributed by atoms with Crippen molar-refractivity contribution in [1.29, 1.82) is 0 Å². The molecule has 0 aliphatic carbocycles. The van der Waals surface area contributed by atoms with Crippen molar-refractivity contribution in [2.45, 2.75) is 33.6 Å². The third-order valence-electron chi connectivity index (χ3n) is 2.52. The second kappa shape index (κ2) is 7.19. The zero-order valence-electron chi connectivity index (χ0n) is 9.94. The Hall–Kier alpha value is -0.130. The van der Waals surface area contributed by atoms with Crippen molar-refractivity contribution in [3.63, 3.8) is 0 Å². The van der Waals surface area contributed by atoms with Gasteiger partial charge in [0, 0.05) is 19.7 Å². The highest BCUT2D eigenvalue weighted by atomic mass is 32.2. The number of rotatable bonds is 8. The van der Waals surface area contributed by atoms with E-state index in [0.29, 0.717) is 25.4 Å². The monoisotopic (exact) mass is 237 g/mol.